The summed E-state index contributed by atoms with van der Waals surface area (Å²) in [5.74, 6) is 0.708. The summed E-state index contributed by atoms with van der Waals surface area (Å²) in [6, 6.07) is 11.6. The minimum absolute atomic E-state index is 0.165. The van der Waals surface area contributed by atoms with Crippen LogP contribution >= 0.6 is 0 Å². The molecule has 0 saturated carbocycles. The van der Waals surface area contributed by atoms with Crippen LogP contribution in [-0.4, -0.2) is 7.11 Å². The van der Waals surface area contributed by atoms with Gasteiger partial charge < -0.3 is 10.1 Å². The fourth-order valence-corrected chi connectivity index (χ4v) is 3.01. The van der Waals surface area contributed by atoms with Gasteiger partial charge in [-0.05, 0) is 61.6 Å². The van der Waals surface area contributed by atoms with E-state index in [-0.39, 0.29) is 11.9 Å². The van der Waals surface area contributed by atoms with Crippen LogP contribution in [-0.2, 0) is 6.42 Å². The summed E-state index contributed by atoms with van der Waals surface area (Å²) in [6.07, 6.45) is 3.29. The van der Waals surface area contributed by atoms with E-state index < -0.39 is 0 Å². The highest BCUT2D eigenvalue weighted by atomic mass is 19.1. The van der Waals surface area contributed by atoms with Crippen LogP contribution in [0.25, 0.3) is 0 Å². The first-order chi connectivity index (χ1) is 10.2. The van der Waals surface area contributed by atoms with Crippen LogP contribution in [0, 0.1) is 12.7 Å². The molecule has 1 aliphatic rings. The molecule has 1 aliphatic carbocycles. The summed E-state index contributed by atoms with van der Waals surface area (Å²) >= 11 is 0. The molecule has 3 rings (SSSR count). The molecule has 2 aromatic carbocycles. The average molecular weight is 285 g/mol. The van der Waals surface area contributed by atoms with E-state index in [2.05, 4.69) is 17.4 Å². The number of halogens is 1. The summed E-state index contributed by atoms with van der Waals surface area (Å²) in [4.78, 5) is 0. The molecule has 0 saturated heterocycles. The van der Waals surface area contributed by atoms with E-state index in [9.17, 15) is 4.39 Å². The lowest BCUT2D eigenvalue weighted by molar-refractivity contribution is 0.413. The third-order valence-corrected chi connectivity index (χ3v) is 4.26. The number of anilines is 1. The minimum Gasteiger partial charge on any atom is -0.497 e. The van der Waals surface area contributed by atoms with Crippen molar-refractivity contribution < 1.29 is 9.13 Å². The quantitative estimate of drug-likeness (QED) is 0.887. The molecule has 1 unspecified atom stereocenters. The van der Waals surface area contributed by atoms with Gasteiger partial charge in [-0.3, -0.25) is 0 Å². The van der Waals surface area contributed by atoms with Crippen molar-refractivity contribution in [3.8, 4) is 5.75 Å². The number of rotatable bonds is 3. The lowest BCUT2D eigenvalue weighted by Gasteiger charge is -2.28. The Bertz CT molecular complexity index is 654. The van der Waals surface area contributed by atoms with Crippen molar-refractivity contribution >= 4 is 5.69 Å². The molecule has 0 aliphatic heterocycles. The number of benzene rings is 2. The van der Waals surface area contributed by atoms with E-state index in [1.54, 1.807) is 13.2 Å². The number of methoxy groups -OCH3 is 1. The van der Waals surface area contributed by atoms with Gasteiger partial charge in [0.25, 0.3) is 0 Å². The van der Waals surface area contributed by atoms with Gasteiger partial charge in [0.2, 0.25) is 0 Å². The summed E-state index contributed by atoms with van der Waals surface area (Å²) in [5, 5.41) is 3.50. The van der Waals surface area contributed by atoms with E-state index in [1.165, 1.54) is 17.2 Å². The summed E-state index contributed by atoms with van der Waals surface area (Å²) < 4.78 is 19.0. The van der Waals surface area contributed by atoms with Crippen LogP contribution in [0.4, 0.5) is 10.1 Å². The van der Waals surface area contributed by atoms with Gasteiger partial charge >= 0.3 is 0 Å². The normalized spacial score (nSPS) is 17.2. The van der Waals surface area contributed by atoms with Gasteiger partial charge in [0, 0.05) is 11.3 Å². The molecule has 110 valence electrons. The third kappa shape index (κ3) is 2.73. The maximum absolute atomic E-state index is 13.7. The predicted octanol–water partition coefficient (Wildman–Crippen LogP) is 4.63. The molecule has 0 bridgehead atoms. The zero-order chi connectivity index (χ0) is 14.8. The van der Waals surface area contributed by atoms with Crippen molar-refractivity contribution in [3.63, 3.8) is 0 Å². The second-order valence-electron chi connectivity index (χ2n) is 5.57. The van der Waals surface area contributed by atoms with Crippen LogP contribution < -0.4 is 10.1 Å². The Morgan fingerprint density at radius 1 is 1.24 bits per heavy atom. The van der Waals surface area contributed by atoms with E-state index in [4.69, 9.17) is 4.74 Å². The first-order valence-electron chi connectivity index (χ1n) is 7.37. The number of fused-ring (bicyclic) bond motifs is 1. The first kappa shape index (κ1) is 13.9. The fraction of sp³-hybridized carbons (Fsp3) is 0.333. The van der Waals surface area contributed by atoms with Gasteiger partial charge in [-0.1, -0.05) is 12.1 Å². The molecule has 2 nitrogen and oxygen atoms in total. The monoisotopic (exact) mass is 285 g/mol. The molecular formula is C18H20FNO. The lowest BCUT2D eigenvalue weighted by Crippen LogP contribution is -2.18. The maximum Gasteiger partial charge on any atom is 0.128 e. The molecule has 2 aromatic rings. The first-order valence-corrected chi connectivity index (χ1v) is 7.37. The molecule has 1 N–H and O–H groups in total. The number of hydrogen-bond acceptors (Lipinski definition) is 2. The Balaban J connectivity index is 1.93. The van der Waals surface area contributed by atoms with Crippen molar-refractivity contribution in [2.75, 3.05) is 12.4 Å². The van der Waals surface area contributed by atoms with Gasteiger partial charge in [0.05, 0.1) is 13.2 Å². The largest absolute Gasteiger partial charge is 0.497 e. The highest BCUT2D eigenvalue weighted by Crippen LogP contribution is 2.35. The summed E-state index contributed by atoms with van der Waals surface area (Å²) in [7, 11) is 1.68. The standard InChI is InChI=1S/C18H20FNO/c1-12-16(19)6-4-7-17(12)20-18-8-3-5-13-9-10-14(21-2)11-15(13)18/h4,6-7,9-11,18,20H,3,5,8H2,1-2H3. The highest BCUT2D eigenvalue weighted by molar-refractivity contribution is 5.54. The molecule has 3 heteroatoms. The van der Waals surface area contributed by atoms with Crippen LogP contribution in [0.1, 0.15) is 35.6 Å². The Morgan fingerprint density at radius 3 is 2.90 bits per heavy atom. The molecule has 21 heavy (non-hydrogen) atoms. The SMILES string of the molecule is COc1ccc2c(c1)C(Nc1cccc(F)c1C)CCC2. The van der Waals surface area contributed by atoms with E-state index in [0.29, 0.717) is 5.56 Å². The summed E-state index contributed by atoms with van der Waals surface area (Å²) in [5.41, 5.74) is 4.17. The van der Waals surface area contributed by atoms with Crippen molar-refractivity contribution in [2.45, 2.75) is 32.2 Å². The van der Waals surface area contributed by atoms with Gasteiger partial charge in [-0.15, -0.1) is 0 Å². The van der Waals surface area contributed by atoms with Crippen LogP contribution in [0.3, 0.4) is 0 Å². The number of nitrogens with one attached hydrogen (secondary N) is 1. The Kier molecular flexibility index (Phi) is 3.82. The van der Waals surface area contributed by atoms with Crippen LogP contribution in [0.2, 0.25) is 0 Å². The zero-order valence-corrected chi connectivity index (χ0v) is 12.4. The van der Waals surface area contributed by atoms with Crippen molar-refractivity contribution in [3.05, 3.63) is 58.9 Å². The molecule has 1 atom stereocenters. The van der Waals surface area contributed by atoms with Crippen LogP contribution in [0.5, 0.6) is 5.75 Å². The van der Waals surface area contributed by atoms with Crippen molar-refractivity contribution in [2.24, 2.45) is 0 Å². The Morgan fingerprint density at radius 2 is 2.10 bits per heavy atom. The van der Waals surface area contributed by atoms with E-state index in [0.717, 1.165) is 30.7 Å². The number of aryl methyl sites for hydroxylation is 1. The van der Waals surface area contributed by atoms with Crippen LogP contribution in [0.15, 0.2) is 36.4 Å². The number of ether oxygens (including phenoxy) is 1. The van der Waals surface area contributed by atoms with E-state index >= 15 is 0 Å². The fourth-order valence-electron chi connectivity index (χ4n) is 3.01. The molecule has 0 amide bonds. The predicted molar refractivity (Wildman–Crippen MR) is 83.4 cm³/mol. The Hall–Kier alpha value is -2.03. The van der Waals surface area contributed by atoms with Crippen molar-refractivity contribution in [1.82, 2.24) is 0 Å². The van der Waals surface area contributed by atoms with Gasteiger partial charge in [0.15, 0.2) is 0 Å². The molecule has 0 spiro atoms. The second-order valence-corrected chi connectivity index (χ2v) is 5.57. The third-order valence-electron chi connectivity index (χ3n) is 4.26. The topological polar surface area (TPSA) is 21.3 Å². The number of hydrogen-bond donors (Lipinski definition) is 1. The Labute approximate surface area is 125 Å². The van der Waals surface area contributed by atoms with Gasteiger partial charge in [0.1, 0.15) is 11.6 Å². The van der Waals surface area contributed by atoms with E-state index in [1.807, 2.05) is 19.1 Å². The molecular weight excluding hydrogens is 265 g/mol. The zero-order valence-electron chi connectivity index (χ0n) is 12.4. The summed E-state index contributed by atoms with van der Waals surface area (Å²) in [6.45, 7) is 1.81. The lowest BCUT2D eigenvalue weighted by atomic mass is 9.87. The molecule has 0 radical (unpaired) electrons. The molecule has 0 fully saturated rings. The second kappa shape index (κ2) is 5.76. The minimum atomic E-state index is -0.165. The maximum atomic E-state index is 13.7. The average Bonchev–Trinajstić information content (AvgIpc) is 2.51. The molecule has 0 heterocycles. The van der Waals surface area contributed by atoms with Gasteiger partial charge in [-0.25, -0.2) is 4.39 Å². The van der Waals surface area contributed by atoms with Crippen molar-refractivity contribution in [1.29, 1.82) is 0 Å². The molecule has 0 aromatic heterocycles. The van der Waals surface area contributed by atoms with Gasteiger partial charge in [-0.2, -0.15) is 0 Å². The highest BCUT2D eigenvalue weighted by Gasteiger charge is 2.21. The smallest absolute Gasteiger partial charge is 0.128 e.